The van der Waals surface area contributed by atoms with Crippen LogP contribution in [-0.2, 0) is 9.53 Å². The van der Waals surface area contributed by atoms with Crippen molar-refractivity contribution in [3.63, 3.8) is 0 Å². The molecular formula is C23H35N3O3S. The highest BCUT2D eigenvalue weighted by Gasteiger charge is 2.19. The molecule has 2 fully saturated rings. The summed E-state index contributed by atoms with van der Waals surface area (Å²) in [6, 6.07) is 7.79. The van der Waals surface area contributed by atoms with Gasteiger partial charge < -0.3 is 15.4 Å². The topological polar surface area (TPSA) is 70.7 Å². The normalized spacial score (nSPS) is 19.2. The first-order valence-electron chi connectivity index (χ1n) is 11.2. The van der Waals surface area contributed by atoms with E-state index in [2.05, 4.69) is 22.5 Å². The van der Waals surface area contributed by atoms with Gasteiger partial charge in [-0.1, -0.05) is 31.4 Å². The van der Waals surface area contributed by atoms with Crippen LogP contribution in [0.1, 0.15) is 49.4 Å². The van der Waals surface area contributed by atoms with Crippen LogP contribution in [0, 0.1) is 5.92 Å². The number of rotatable bonds is 9. The average Bonchev–Trinajstić information content (AvgIpc) is 2.81. The molecule has 1 atom stereocenters. The largest absolute Gasteiger partial charge is 0.379 e. The third-order valence-electron chi connectivity index (χ3n) is 6.03. The van der Waals surface area contributed by atoms with Crippen LogP contribution >= 0.6 is 11.8 Å². The van der Waals surface area contributed by atoms with E-state index in [0.29, 0.717) is 23.8 Å². The van der Waals surface area contributed by atoms with Crippen LogP contribution < -0.4 is 10.6 Å². The molecule has 0 spiro atoms. The van der Waals surface area contributed by atoms with Crippen LogP contribution in [0.3, 0.4) is 0 Å². The summed E-state index contributed by atoms with van der Waals surface area (Å²) in [4.78, 5) is 28.2. The minimum Gasteiger partial charge on any atom is -0.379 e. The third-order valence-corrected chi connectivity index (χ3v) is 7.10. The number of carbonyl (C=O) groups is 2. The molecule has 1 saturated carbocycles. The van der Waals surface area contributed by atoms with E-state index in [-0.39, 0.29) is 17.9 Å². The first-order chi connectivity index (χ1) is 14.6. The van der Waals surface area contributed by atoms with E-state index in [4.69, 9.17) is 4.74 Å². The van der Waals surface area contributed by atoms with Crippen molar-refractivity contribution in [1.29, 1.82) is 0 Å². The molecule has 166 valence electrons. The van der Waals surface area contributed by atoms with Crippen molar-refractivity contribution in [1.82, 2.24) is 15.5 Å². The van der Waals surface area contributed by atoms with Crippen molar-refractivity contribution in [2.24, 2.45) is 5.92 Å². The molecule has 1 saturated heterocycles. The average molecular weight is 434 g/mol. The minimum absolute atomic E-state index is 0.0433. The van der Waals surface area contributed by atoms with E-state index in [9.17, 15) is 9.59 Å². The van der Waals surface area contributed by atoms with Crippen molar-refractivity contribution in [3.8, 4) is 0 Å². The number of nitrogens with zero attached hydrogens (tertiary/aromatic N) is 1. The lowest BCUT2D eigenvalue weighted by Gasteiger charge is -2.32. The fourth-order valence-electron chi connectivity index (χ4n) is 4.11. The van der Waals surface area contributed by atoms with Crippen LogP contribution in [0.4, 0.5) is 0 Å². The lowest BCUT2D eigenvalue weighted by Crippen LogP contribution is -2.47. The van der Waals surface area contributed by atoms with E-state index in [0.717, 1.165) is 37.7 Å². The second-order valence-corrected chi connectivity index (χ2v) is 9.32. The van der Waals surface area contributed by atoms with Gasteiger partial charge in [-0.2, -0.15) is 0 Å². The van der Waals surface area contributed by atoms with Gasteiger partial charge in [-0.05, 0) is 37.8 Å². The quantitative estimate of drug-likeness (QED) is 0.586. The number of amides is 2. The fraction of sp³-hybridized carbons (Fsp3) is 0.652. The molecule has 3 rings (SSSR count). The fourth-order valence-corrected chi connectivity index (χ4v) is 4.99. The number of carbonyl (C=O) groups excluding carboxylic acids is 2. The van der Waals surface area contributed by atoms with E-state index in [1.807, 2.05) is 24.3 Å². The van der Waals surface area contributed by atoms with Gasteiger partial charge in [0.2, 0.25) is 5.91 Å². The molecule has 0 bridgehead atoms. The van der Waals surface area contributed by atoms with Gasteiger partial charge in [-0.3, -0.25) is 14.5 Å². The van der Waals surface area contributed by atoms with Crippen LogP contribution in [0.25, 0.3) is 0 Å². The number of benzene rings is 1. The Morgan fingerprint density at radius 3 is 2.63 bits per heavy atom. The second kappa shape index (κ2) is 12.3. The number of hydrogen-bond acceptors (Lipinski definition) is 5. The zero-order chi connectivity index (χ0) is 21.2. The molecule has 30 heavy (non-hydrogen) atoms. The highest BCUT2D eigenvalue weighted by Crippen LogP contribution is 2.24. The SMILES string of the molecule is CC(CNC(=O)c1ccccc1SCC(=O)NCC1CCCCC1)N1CCOCC1. The summed E-state index contributed by atoms with van der Waals surface area (Å²) in [7, 11) is 0. The molecule has 7 heteroatoms. The summed E-state index contributed by atoms with van der Waals surface area (Å²) < 4.78 is 5.39. The maximum atomic E-state index is 12.8. The summed E-state index contributed by atoms with van der Waals surface area (Å²) in [5, 5.41) is 6.13. The Balaban J connectivity index is 1.44. The lowest BCUT2D eigenvalue weighted by atomic mass is 9.89. The number of thioether (sulfide) groups is 1. The molecule has 2 N–H and O–H groups in total. The molecule has 2 amide bonds. The second-order valence-electron chi connectivity index (χ2n) is 8.30. The molecule has 1 aliphatic carbocycles. The third kappa shape index (κ3) is 7.29. The monoisotopic (exact) mass is 433 g/mol. The summed E-state index contributed by atoms with van der Waals surface area (Å²) in [6.07, 6.45) is 6.33. The minimum atomic E-state index is -0.0826. The van der Waals surface area contributed by atoms with Gasteiger partial charge in [0.15, 0.2) is 0 Å². The predicted molar refractivity (Wildman–Crippen MR) is 121 cm³/mol. The molecule has 1 heterocycles. The zero-order valence-corrected chi connectivity index (χ0v) is 18.8. The number of nitrogens with one attached hydrogen (secondary N) is 2. The number of ether oxygens (including phenoxy) is 1. The molecule has 0 aromatic heterocycles. The Morgan fingerprint density at radius 1 is 1.13 bits per heavy atom. The van der Waals surface area contributed by atoms with Gasteiger partial charge >= 0.3 is 0 Å². The van der Waals surface area contributed by atoms with Crippen molar-refractivity contribution in [2.75, 3.05) is 45.1 Å². The first kappa shape index (κ1) is 23.1. The summed E-state index contributed by atoms with van der Waals surface area (Å²) in [5.74, 6) is 0.919. The molecule has 1 aliphatic heterocycles. The Morgan fingerprint density at radius 2 is 1.87 bits per heavy atom. The molecule has 6 nitrogen and oxygen atoms in total. The maximum absolute atomic E-state index is 12.8. The summed E-state index contributed by atoms with van der Waals surface area (Å²) in [6.45, 7) is 6.81. The van der Waals surface area contributed by atoms with Crippen molar-refractivity contribution < 1.29 is 14.3 Å². The number of hydrogen-bond donors (Lipinski definition) is 2. The van der Waals surface area contributed by atoms with Crippen molar-refractivity contribution >= 4 is 23.6 Å². The van der Waals surface area contributed by atoms with Gasteiger partial charge in [-0.25, -0.2) is 0 Å². The van der Waals surface area contributed by atoms with Crippen LogP contribution in [0.5, 0.6) is 0 Å². The predicted octanol–water partition coefficient (Wildman–Crippen LogP) is 2.93. The van der Waals surface area contributed by atoms with Crippen molar-refractivity contribution in [2.45, 2.75) is 50.0 Å². The lowest BCUT2D eigenvalue weighted by molar-refractivity contribution is -0.118. The molecule has 2 aliphatic rings. The summed E-state index contributed by atoms with van der Waals surface area (Å²) >= 11 is 1.43. The standard InChI is InChI=1S/C23H35N3O3S/c1-18(26-11-13-29-14-12-26)15-25-23(28)20-9-5-6-10-21(20)30-17-22(27)24-16-19-7-3-2-4-8-19/h5-6,9-10,18-19H,2-4,7-8,11-17H2,1H3,(H,24,27)(H,25,28). The Bertz CT molecular complexity index is 688. The molecule has 1 aromatic carbocycles. The van der Waals surface area contributed by atoms with Crippen molar-refractivity contribution in [3.05, 3.63) is 29.8 Å². The highest BCUT2D eigenvalue weighted by atomic mass is 32.2. The van der Waals surface area contributed by atoms with Gasteiger partial charge in [0, 0.05) is 37.1 Å². The van der Waals surface area contributed by atoms with Crippen LogP contribution in [0.2, 0.25) is 0 Å². The number of morpholine rings is 1. The van der Waals surface area contributed by atoms with E-state index >= 15 is 0 Å². The molecular weight excluding hydrogens is 398 g/mol. The smallest absolute Gasteiger partial charge is 0.252 e. The van der Waals surface area contributed by atoms with Gasteiger partial charge in [0.25, 0.3) is 5.91 Å². The van der Waals surface area contributed by atoms with E-state index in [1.54, 1.807) is 0 Å². The maximum Gasteiger partial charge on any atom is 0.252 e. The van der Waals surface area contributed by atoms with Crippen LogP contribution in [0.15, 0.2) is 29.2 Å². The molecule has 1 aromatic rings. The Hall–Kier alpha value is -1.57. The van der Waals surface area contributed by atoms with Gasteiger partial charge in [0.1, 0.15) is 0 Å². The zero-order valence-electron chi connectivity index (χ0n) is 18.0. The Kier molecular flexibility index (Phi) is 9.49. The Labute approximate surface area is 184 Å². The first-order valence-corrected chi connectivity index (χ1v) is 12.2. The van der Waals surface area contributed by atoms with Gasteiger partial charge in [0.05, 0.1) is 24.5 Å². The summed E-state index contributed by atoms with van der Waals surface area (Å²) in [5.41, 5.74) is 0.636. The van der Waals surface area contributed by atoms with E-state index in [1.165, 1.54) is 43.9 Å². The molecule has 1 unspecified atom stereocenters. The van der Waals surface area contributed by atoms with Crippen LogP contribution in [-0.4, -0.2) is 67.9 Å². The van der Waals surface area contributed by atoms with Gasteiger partial charge in [-0.15, -0.1) is 11.8 Å². The van der Waals surface area contributed by atoms with E-state index < -0.39 is 0 Å². The molecule has 0 radical (unpaired) electrons. The highest BCUT2D eigenvalue weighted by molar-refractivity contribution is 8.00.